The van der Waals surface area contributed by atoms with Crippen LogP contribution in [-0.4, -0.2) is 34.4 Å². The first kappa shape index (κ1) is 18.9. The van der Waals surface area contributed by atoms with Crippen molar-refractivity contribution in [3.05, 3.63) is 65.9 Å². The minimum atomic E-state index is -3.23. The lowest BCUT2D eigenvalue weighted by molar-refractivity contribution is 0.467. The van der Waals surface area contributed by atoms with Crippen LogP contribution in [0.2, 0.25) is 0 Å². The predicted octanol–water partition coefficient (Wildman–Crippen LogP) is 3.87. The lowest BCUT2D eigenvalue weighted by Gasteiger charge is -2.08. The molecular weight excluding hydrogens is 388 g/mol. The monoisotopic (exact) mass is 408 g/mol. The number of nitrogens with one attached hydrogen (secondary N) is 1. The number of aromatic hydroxyl groups is 1. The third-order valence-corrected chi connectivity index (χ3v) is 5.82. The van der Waals surface area contributed by atoms with Crippen LogP contribution in [-0.2, 0) is 9.84 Å². The Balaban J connectivity index is 1.63. The van der Waals surface area contributed by atoms with Gasteiger partial charge in [-0.3, -0.25) is 0 Å². The maximum atomic E-state index is 11.6. The molecule has 2 aromatic carbocycles. The summed E-state index contributed by atoms with van der Waals surface area (Å²) in [5.74, 6) is 0.719. The standard InChI is InChI=1S/C21H20N4O3S/c1-13-10-16(11-14(2)20(13)26)15-4-9-19-23-21(24-25(19)12-15)22-17-5-7-18(8-6-17)29(3,27)28/h4-12,26H,1-3H3,(H,22,24). The number of rotatable bonds is 4. The number of fused-ring (bicyclic) bond motifs is 1. The number of anilines is 2. The third kappa shape index (κ3) is 3.79. The molecule has 2 heterocycles. The van der Waals surface area contributed by atoms with Gasteiger partial charge in [-0.05, 0) is 79.1 Å². The Morgan fingerprint density at radius 2 is 1.62 bits per heavy atom. The van der Waals surface area contributed by atoms with Gasteiger partial charge < -0.3 is 10.4 Å². The molecule has 2 aromatic heterocycles. The highest BCUT2D eigenvalue weighted by atomic mass is 32.2. The Bertz CT molecular complexity index is 1300. The van der Waals surface area contributed by atoms with Gasteiger partial charge in [-0.25, -0.2) is 12.9 Å². The van der Waals surface area contributed by atoms with Gasteiger partial charge in [0.05, 0.1) is 4.90 Å². The molecule has 0 atom stereocenters. The number of aryl methyl sites for hydroxylation is 2. The molecule has 2 N–H and O–H groups in total. The smallest absolute Gasteiger partial charge is 0.247 e. The zero-order chi connectivity index (χ0) is 20.8. The quantitative estimate of drug-likeness (QED) is 0.532. The highest BCUT2D eigenvalue weighted by Crippen LogP contribution is 2.29. The van der Waals surface area contributed by atoms with Crippen LogP contribution in [0.1, 0.15) is 11.1 Å². The van der Waals surface area contributed by atoms with Crippen molar-refractivity contribution >= 4 is 27.1 Å². The molecule has 0 amide bonds. The van der Waals surface area contributed by atoms with E-state index in [1.165, 1.54) is 6.26 Å². The van der Waals surface area contributed by atoms with Crippen molar-refractivity contribution in [3.8, 4) is 16.9 Å². The third-order valence-electron chi connectivity index (χ3n) is 4.69. The Labute approximate surface area is 168 Å². The number of hydrogen-bond donors (Lipinski definition) is 2. The van der Waals surface area contributed by atoms with Gasteiger partial charge in [-0.15, -0.1) is 5.10 Å². The fourth-order valence-electron chi connectivity index (χ4n) is 3.14. The van der Waals surface area contributed by atoms with Crippen molar-refractivity contribution in [2.24, 2.45) is 0 Å². The van der Waals surface area contributed by atoms with Crippen LogP contribution in [0.3, 0.4) is 0 Å². The molecular formula is C21H20N4O3S. The summed E-state index contributed by atoms with van der Waals surface area (Å²) in [4.78, 5) is 4.71. The van der Waals surface area contributed by atoms with Gasteiger partial charge in [0.1, 0.15) is 5.75 Å². The van der Waals surface area contributed by atoms with Crippen LogP contribution in [0.5, 0.6) is 5.75 Å². The van der Waals surface area contributed by atoms with E-state index in [-0.39, 0.29) is 4.90 Å². The second-order valence-corrected chi connectivity index (χ2v) is 9.05. The molecule has 29 heavy (non-hydrogen) atoms. The number of nitrogens with zero attached hydrogens (tertiary/aromatic N) is 3. The molecule has 0 spiro atoms. The Morgan fingerprint density at radius 3 is 2.24 bits per heavy atom. The zero-order valence-electron chi connectivity index (χ0n) is 16.2. The van der Waals surface area contributed by atoms with E-state index < -0.39 is 9.84 Å². The van der Waals surface area contributed by atoms with Crippen LogP contribution in [0.25, 0.3) is 16.8 Å². The van der Waals surface area contributed by atoms with Gasteiger partial charge in [0.2, 0.25) is 5.95 Å². The lowest BCUT2D eigenvalue weighted by Crippen LogP contribution is -1.98. The van der Waals surface area contributed by atoms with E-state index in [0.29, 0.717) is 23.0 Å². The molecule has 0 radical (unpaired) electrons. The van der Waals surface area contributed by atoms with E-state index in [1.807, 2.05) is 44.3 Å². The van der Waals surface area contributed by atoms with Gasteiger partial charge in [-0.2, -0.15) is 4.98 Å². The van der Waals surface area contributed by atoms with Crippen molar-refractivity contribution in [1.29, 1.82) is 0 Å². The minimum Gasteiger partial charge on any atom is -0.507 e. The molecule has 0 fully saturated rings. The van der Waals surface area contributed by atoms with Crippen molar-refractivity contribution in [2.45, 2.75) is 18.7 Å². The fraction of sp³-hybridized carbons (Fsp3) is 0.143. The van der Waals surface area contributed by atoms with E-state index in [2.05, 4.69) is 15.4 Å². The van der Waals surface area contributed by atoms with E-state index in [9.17, 15) is 13.5 Å². The zero-order valence-corrected chi connectivity index (χ0v) is 17.0. The summed E-state index contributed by atoms with van der Waals surface area (Å²) in [6.07, 6.45) is 3.05. The molecule has 4 aromatic rings. The SMILES string of the molecule is Cc1cc(-c2ccc3nc(Nc4ccc(S(C)(=O)=O)cc4)nn3c2)cc(C)c1O. The number of pyridine rings is 1. The molecule has 0 aliphatic rings. The summed E-state index contributed by atoms with van der Waals surface area (Å²) < 4.78 is 24.8. The van der Waals surface area contributed by atoms with Gasteiger partial charge in [0.25, 0.3) is 0 Å². The summed E-state index contributed by atoms with van der Waals surface area (Å²) >= 11 is 0. The lowest BCUT2D eigenvalue weighted by atomic mass is 10.0. The molecule has 0 bridgehead atoms. The van der Waals surface area contributed by atoms with E-state index in [0.717, 1.165) is 22.3 Å². The van der Waals surface area contributed by atoms with Crippen LogP contribution < -0.4 is 5.32 Å². The average molecular weight is 408 g/mol. The first-order valence-corrected chi connectivity index (χ1v) is 10.8. The molecule has 4 rings (SSSR count). The van der Waals surface area contributed by atoms with Crippen molar-refractivity contribution in [1.82, 2.24) is 14.6 Å². The minimum absolute atomic E-state index is 0.259. The molecule has 0 aliphatic heterocycles. The Morgan fingerprint density at radius 1 is 0.966 bits per heavy atom. The van der Waals surface area contributed by atoms with Crippen LogP contribution in [0.15, 0.2) is 59.6 Å². The van der Waals surface area contributed by atoms with Gasteiger partial charge in [0.15, 0.2) is 15.5 Å². The molecule has 0 saturated heterocycles. The number of phenolic OH excluding ortho intramolecular Hbond substituents is 1. The van der Waals surface area contributed by atoms with Crippen molar-refractivity contribution < 1.29 is 13.5 Å². The van der Waals surface area contributed by atoms with Crippen molar-refractivity contribution in [2.75, 3.05) is 11.6 Å². The maximum absolute atomic E-state index is 11.6. The van der Waals surface area contributed by atoms with Gasteiger partial charge in [-0.1, -0.05) is 0 Å². The molecule has 7 nitrogen and oxygen atoms in total. The first-order chi connectivity index (χ1) is 13.7. The van der Waals surface area contributed by atoms with Crippen LogP contribution in [0.4, 0.5) is 11.6 Å². The van der Waals surface area contributed by atoms with Crippen molar-refractivity contribution in [3.63, 3.8) is 0 Å². The first-order valence-electron chi connectivity index (χ1n) is 8.95. The van der Waals surface area contributed by atoms with E-state index in [4.69, 9.17) is 0 Å². The molecule has 0 unspecified atom stereocenters. The number of phenols is 1. The highest BCUT2D eigenvalue weighted by molar-refractivity contribution is 7.90. The molecule has 148 valence electrons. The van der Waals surface area contributed by atoms with Crippen LogP contribution in [0, 0.1) is 13.8 Å². The average Bonchev–Trinajstić information content (AvgIpc) is 3.06. The Kier molecular flexibility index (Phi) is 4.50. The van der Waals surface area contributed by atoms with E-state index >= 15 is 0 Å². The number of aromatic nitrogens is 3. The number of sulfone groups is 1. The fourth-order valence-corrected chi connectivity index (χ4v) is 3.77. The molecule has 0 saturated carbocycles. The van der Waals surface area contributed by atoms with Gasteiger partial charge >= 0.3 is 0 Å². The summed E-state index contributed by atoms with van der Waals surface area (Å²) in [5, 5.41) is 17.5. The summed E-state index contributed by atoms with van der Waals surface area (Å²) in [5.41, 5.74) is 4.95. The Hall–Kier alpha value is -3.39. The molecule has 8 heteroatoms. The second-order valence-electron chi connectivity index (χ2n) is 7.04. The summed E-state index contributed by atoms with van der Waals surface area (Å²) in [6, 6.07) is 14.1. The topological polar surface area (TPSA) is 96.6 Å². The second kappa shape index (κ2) is 6.89. The number of benzene rings is 2. The highest BCUT2D eigenvalue weighted by Gasteiger charge is 2.10. The van der Waals surface area contributed by atoms with Gasteiger partial charge in [0, 0.05) is 23.7 Å². The summed E-state index contributed by atoms with van der Waals surface area (Å²) in [6.45, 7) is 3.74. The predicted molar refractivity (Wildman–Crippen MR) is 112 cm³/mol. The molecule has 0 aliphatic carbocycles. The van der Waals surface area contributed by atoms with E-state index in [1.54, 1.807) is 28.8 Å². The largest absolute Gasteiger partial charge is 0.507 e. The summed E-state index contributed by atoms with van der Waals surface area (Å²) in [7, 11) is -3.23. The van der Waals surface area contributed by atoms with Crippen LogP contribution >= 0.6 is 0 Å². The maximum Gasteiger partial charge on any atom is 0.247 e. The normalized spacial score (nSPS) is 11.7. The number of hydrogen-bond acceptors (Lipinski definition) is 6.